The Labute approximate surface area is 149 Å². The van der Waals surface area contributed by atoms with Gasteiger partial charge in [0.2, 0.25) is 0 Å². The molecule has 0 aliphatic heterocycles. The second-order valence-corrected chi connectivity index (χ2v) is 10.6. The topological polar surface area (TPSA) is 34.1 Å². The number of sulfone groups is 1. The first-order valence-electron chi connectivity index (χ1n) is 9.63. The van der Waals surface area contributed by atoms with Crippen LogP contribution in [0.25, 0.3) is 0 Å². The highest BCUT2D eigenvalue weighted by Gasteiger charge is 2.20. The maximum absolute atomic E-state index is 11.8. The fourth-order valence-corrected chi connectivity index (χ4v) is 4.87. The van der Waals surface area contributed by atoms with E-state index in [9.17, 15) is 8.42 Å². The molecule has 1 atom stereocenters. The molecule has 2 rings (SSSR count). The van der Waals surface area contributed by atoms with Crippen molar-refractivity contribution in [2.75, 3.05) is 5.75 Å². The fraction of sp³-hybridized carbons (Fsp3) is 0.714. The summed E-state index contributed by atoms with van der Waals surface area (Å²) in [5.74, 6) is 1.16. The fourth-order valence-electron chi connectivity index (χ4n) is 3.79. The lowest BCUT2D eigenvalue weighted by Gasteiger charge is -2.11. The standard InChI is InChI=1S/C21H34O2S/c1-16(2)24(22,23)13-9-7-5-6-8-10-19-11-12-20-14-17(3)15-21(20)18(19)4/h11-12,16-17H,5-10,13-15H2,1-4H3. The van der Waals surface area contributed by atoms with Crippen LogP contribution in [-0.2, 0) is 29.1 Å². The molecule has 0 saturated carbocycles. The van der Waals surface area contributed by atoms with Crippen LogP contribution in [0, 0.1) is 12.8 Å². The Balaban J connectivity index is 1.68. The summed E-state index contributed by atoms with van der Waals surface area (Å²) in [6, 6.07) is 4.68. The molecule has 0 heterocycles. The maximum atomic E-state index is 11.8. The lowest BCUT2D eigenvalue weighted by molar-refractivity contribution is 0.577. The first kappa shape index (κ1) is 19.5. The van der Waals surface area contributed by atoms with E-state index in [-0.39, 0.29) is 5.25 Å². The number of aryl methyl sites for hydroxylation is 1. The van der Waals surface area contributed by atoms with Gasteiger partial charge in [0.25, 0.3) is 0 Å². The highest BCUT2D eigenvalue weighted by Crippen LogP contribution is 2.31. The third-order valence-corrected chi connectivity index (χ3v) is 7.82. The van der Waals surface area contributed by atoms with Gasteiger partial charge < -0.3 is 0 Å². The predicted octanol–water partition coefficient (Wildman–Crippen LogP) is 5.05. The zero-order chi connectivity index (χ0) is 17.7. The summed E-state index contributed by atoms with van der Waals surface area (Å²) in [6.07, 6.45) is 9.07. The molecule has 3 heteroatoms. The summed E-state index contributed by atoms with van der Waals surface area (Å²) >= 11 is 0. The Morgan fingerprint density at radius 2 is 1.71 bits per heavy atom. The minimum Gasteiger partial charge on any atom is -0.229 e. The Kier molecular flexibility index (Phi) is 6.91. The lowest BCUT2D eigenvalue weighted by Crippen LogP contribution is -2.17. The van der Waals surface area contributed by atoms with Crippen LogP contribution in [0.15, 0.2) is 12.1 Å². The normalized spacial score (nSPS) is 17.5. The van der Waals surface area contributed by atoms with E-state index < -0.39 is 9.84 Å². The van der Waals surface area contributed by atoms with E-state index in [2.05, 4.69) is 26.0 Å². The quantitative estimate of drug-likeness (QED) is 0.584. The van der Waals surface area contributed by atoms with Crippen LogP contribution in [0.3, 0.4) is 0 Å². The summed E-state index contributed by atoms with van der Waals surface area (Å²) in [5.41, 5.74) is 6.22. The van der Waals surface area contributed by atoms with Crippen molar-refractivity contribution in [3.63, 3.8) is 0 Å². The van der Waals surface area contributed by atoms with Crippen LogP contribution in [0.1, 0.15) is 75.1 Å². The van der Waals surface area contributed by atoms with Crippen molar-refractivity contribution in [1.82, 2.24) is 0 Å². The van der Waals surface area contributed by atoms with Gasteiger partial charge in [0, 0.05) is 0 Å². The van der Waals surface area contributed by atoms with Crippen molar-refractivity contribution in [2.45, 2.75) is 84.3 Å². The van der Waals surface area contributed by atoms with E-state index in [0.717, 1.165) is 31.6 Å². The number of hydrogen-bond donors (Lipinski definition) is 0. The second-order valence-electron chi connectivity index (χ2n) is 7.93. The summed E-state index contributed by atoms with van der Waals surface area (Å²) in [6.45, 7) is 8.19. The molecule has 0 spiro atoms. The molecule has 136 valence electrons. The Bertz CT molecular complexity index is 644. The van der Waals surface area contributed by atoms with Crippen molar-refractivity contribution in [3.8, 4) is 0 Å². The molecule has 0 radical (unpaired) electrons. The van der Waals surface area contributed by atoms with Gasteiger partial charge >= 0.3 is 0 Å². The van der Waals surface area contributed by atoms with Gasteiger partial charge in [-0.1, -0.05) is 38.3 Å². The Hall–Kier alpha value is -0.830. The average Bonchev–Trinajstić information content (AvgIpc) is 2.89. The molecule has 0 N–H and O–H groups in total. The summed E-state index contributed by atoms with van der Waals surface area (Å²) in [7, 11) is -2.85. The third-order valence-electron chi connectivity index (χ3n) is 5.52. The predicted molar refractivity (Wildman–Crippen MR) is 103 cm³/mol. The molecule has 0 fully saturated rings. The zero-order valence-corrected chi connectivity index (χ0v) is 16.7. The van der Waals surface area contributed by atoms with Crippen molar-refractivity contribution >= 4 is 9.84 Å². The van der Waals surface area contributed by atoms with Gasteiger partial charge in [-0.3, -0.25) is 0 Å². The van der Waals surface area contributed by atoms with Gasteiger partial charge in [-0.05, 0) is 81.0 Å². The SMILES string of the molecule is Cc1c(CCCCCCCS(=O)(=O)C(C)C)ccc2c1CC(C)C2. The molecule has 1 aromatic carbocycles. The lowest BCUT2D eigenvalue weighted by atomic mass is 9.95. The zero-order valence-electron chi connectivity index (χ0n) is 15.9. The minimum atomic E-state index is -2.85. The highest BCUT2D eigenvalue weighted by molar-refractivity contribution is 7.91. The minimum absolute atomic E-state index is 0.233. The molecule has 0 amide bonds. The molecular formula is C21H34O2S. The van der Waals surface area contributed by atoms with E-state index >= 15 is 0 Å². The molecule has 0 bridgehead atoms. The first-order chi connectivity index (χ1) is 11.3. The first-order valence-corrected chi connectivity index (χ1v) is 11.3. The van der Waals surface area contributed by atoms with E-state index in [4.69, 9.17) is 0 Å². The van der Waals surface area contributed by atoms with Gasteiger partial charge in [-0.15, -0.1) is 0 Å². The summed E-state index contributed by atoms with van der Waals surface area (Å²) in [4.78, 5) is 0. The van der Waals surface area contributed by atoms with Gasteiger partial charge in [0.05, 0.1) is 11.0 Å². The number of fused-ring (bicyclic) bond motifs is 1. The van der Waals surface area contributed by atoms with Crippen LogP contribution < -0.4 is 0 Å². The number of hydrogen-bond acceptors (Lipinski definition) is 2. The molecule has 1 aliphatic carbocycles. The molecule has 2 nitrogen and oxygen atoms in total. The van der Waals surface area contributed by atoms with E-state index in [1.54, 1.807) is 25.0 Å². The van der Waals surface area contributed by atoms with Crippen molar-refractivity contribution in [1.29, 1.82) is 0 Å². The molecule has 0 aromatic heterocycles. The van der Waals surface area contributed by atoms with E-state index in [0.29, 0.717) is 5.75 Å². The second kappa shape index (κ2) is 8.51. The maximum Gasteiger partial charge on any atom is 0.152 e. The van der Waals surface area contributed by atoms with Gasteiger partial charge in [0.15, 0.2) is 9.84 Å². The Morgan fingerprint density at radius 3 is 2.42 bits per heavy atom. The largest absolute Gasteiger partial charge is 0.229 e. The van der Waals surface area contributed by atoms with E-state index in [1.807, 2.05) is 0 Å². The molecular weight excluding hydrogens is 316 g/mol. The molecule has 0 saturated heterocycles. The molecule has 24 heavy (non-hydrogen) atoms. The summed E-state index contributed by atoms with van der Waals surface area (Å²) < 4.78 is 23.5. The molecule has 1 aliphatic rings. The van der Waals surface area contributed by atoms with Gasteiger partial charge in [0.1, 0.15) is 0 Å². The Morgan fingerprint density at radius 1 is 1.04 bits per heavy atom. The van der Waals surface area contributed by atoms with Crippen molar-refractivity contribution in [3.05, 3.63) is 34.4 Å². The van der Waals surface area contributed by atoms with Gasteiger partial charge in [-0.25, -0.2) is 8.42 Å². The number of unbranched alkanes of at least 4 members (excludes halogenated alkanes) is 4. The van der Waals surface area contributed by atoms with E-state index in [1.165, 1.54) is 36.8 Å². The van der Waals surface area contributed by atoms with Crippen molar-refractivity contribution in [2.24, 2.45) is 5.92 Å². The monoisotopic (exact) mass is 350 g/mol. The average molecular weight is 351 g/mol. The van der Waals surface area contributed by atoms with Crippen LogP contribution in [-0.4, -0.2) is 19.4 Å². The van der Waals surface area contributed by atoms with Crippen LogP contribution in [0.2, 0.25) is 0 Å². The smallest absolute Gasteiger partial charge is 0.152 e. The van der Waals surface area contributed by atoms with Crippen LogP contribution in [0.5, 0.6) is 0 Å². The number of rotatable bonds is 9. The third kappa shape index (κ3) is 5.08. The van der Waals surface area contributed by atoms with Gasteiger partial charge in [-0.2, -0.15) is 0 Å². The molecule has 1 unspecified atom stereocenters. The number of benzene rings is 1. The van der Waals surface area contributed by atoms with Crippen molar-refractivity contribution < 1.29 is 8.42 Å². The highest BCUT2D eigenvalue weighted by atomic mass is 32.2. The van der Waals surface area contributed by atoms with Crippen LogP contribution >= 0.6 is 0 Å². The van der Waals surface area contributed by atoms with Crippen LogP contribution in [0.4, 0.5) is 0 Å². The molecule has 1 aromatic rings. The summed E-state index contributed by atoms with van der Waals surface area (Å²) in [5, 5.41) is -0.233.